The molecule has 0 aromatic carbocycles. The van der Waals surface area contributed by atoms with E-state index in [4.69, 9.17) is 0 Å². The molecule has 106 valence electrons. The molecule has 0 aromatic rings. The summed E-state index contributed by atoms with van der Waals surface area (Å²) in [6, 6.07) is 0.718. The fourth-order valence-electron chi connectivity index (χ4n) is 3.98. The van der Waals surface area contributed by atoms with Crippen LogP contribution in [0.3, 0.4) is 0 Å². The molecule has 0 aromatic heterocycles. The molecule has 0 heterocycles. The van der Waals surface area contributed by atoms with Gasteiger partial charge in [-0.2, -0.15) is 0 Å². The van der Waals surface area contributed by atoms with Crippen molar-refractivity contribution in [1.29, 1.82) is 0 Å². The van der Waals surface area contributed by atoms with Crippen molar-refractivity contribution in [3.63, 3.8) is 0 Å². The molecule has 3 unspecified atom stereocenters. The Morgan fingerprint density at radius 1 is 1.06 bits per heavy atom. The van der Waals surface area contributed by atoms with E-state index >= 15 is 0 Å². The highest BCUT2D eigenvalue weighted by Crippen LogP contribution is 2.35. The molecule has 3 atom stereocenters. The lowest BCUT2D eigenvalue weighted by Crippen LogP contribution is -2.41. The van der Waals surface area contributed by atoms with Crippen molar-refractivity contribution in [3.05, 3.63) is 0 Å². The molecule has 2 fully saturated rings. The minimum atomic E-state index is 0.391. The molecular formula is C16H31NO. The zero-order valence-corrected chi connectivity index (χ0v) is 12.3. The molecule has 0 bridgehead atoms. The van der Waals surface area contributed by atoms with Crippen molar-refractivity contribution in [3.8, 4) is 0 Å². The molecule has 2 heteroatoms. The van der Waals surface area contributed by atoms with Crippen LogP contribution in [0.1, 0.15) is 65.2 Å². The largest absolute Gasteiger partial charge is 0.396 e. The molecule has 0 aliphatic heterocycles. The van der Waals surface area contributed by atoms with Crippen LogP contribution in [0.25, 0.3) is 0 Å². The zero-order chi connectivity index (χ0) is 13.0. The molecule has 2 nitrogen and oxygen atoms in total. The van der Waals surface area contributed by atoms with Gasteiger partial charge in [-0.25, -0.2) is 0 Å². The Hall–Kier alpha value is -0.0800. The summed E-state index contributed by atoms with van der Waals surface area (Å²) < 4.78 is 0. The third-order valence-corrected chi connectivity index (χ3v) is 5.17. The topological polar surface area (TPSA) is 32.3 Å². The van der Waals surface area contributed by atoms with Gasteiger partial charge in [-0.05, 0) is 55.9 Å². The third-order valence-electron chi connectivity index (χ3n) is 5.17. The quantitative estimate of drug-likeness (QED) is 0.805. The fraction of sp³-hybridized carbons (Fsp3) is 1.00. The Morgan fingerprint density at radius 2 is 1.78 bits per heavy atom. The fourth-order valence-corrected chi connectivity index (χ4v) is 3.98. The van der Waals surface area contributed by atoms with E-state index in [9.17, 15) is 5.11 Å². The summed E-state index contributed by atoms with van der Waals surface area (Å²) >= 11 is 0. The lowest BCUT2D eigenvalue weighted by atomic mass is 9.74. The number of aliphatic hydroxyl groups excluding tert-OH is 1. The van der Waals surface area contributed by atoms with Crippen LogP contribution >= 0.6 is 0 Å². The minimum absolute atomic E-state index is 0.391. The second-order valence-electron chi connectivity index (χ2n) is 7.35. The Kier molecular flexibility index (Phi) is 5.08. The molecule has 2 N–H and O–H groups in total. The van der Waals surface area contributed by atoms with Crippen LogP contribution in [0, 0.1) is 17.3 Å². The Morgan fingerprint density at radius 3 is 2.44 bits per heavy atom. The van der Waals surface area contributed by atoms with Gasteiger partial charge in [-0.1, -0.05) is 33.1 Å². The van der Waals surface area contributed by atoms with Crippen molar-refractivity contribution in [2.75, 3.05) is 13.2 Å². The van der Waals surface area contributed by atoms with E-state index in [-0.39, 0.29) is 0 Å². The van der Waals surface area contributed by atoms with Crippen LogP contribution in [0.4, 0.5) is 0 Å². The Bertz CT molecular complexity index is 251. The van der Waals surface area contributed by atoms with Gasteiger partial charge in [-0.3, -0.25) is 0 Å². The lowest BCUT2D eigenvalue weighted by Gasteiger charge is -2.37. The molecule has 2 aliphatic rings. The van der Waals surface area contributed by atoms with Crippen LogP contribution < -0.4 is 5.32 Å². The summed E-state index contributed by atoms with van der Waals surface area (Å²) in [6.07, 6.45) is 10.7. The normalized spacial score (nSPS) is 36.5. The highest BCUT2D eigenvalue weighted by atomic mass is 16.3. The maximum Gasteiger partial charge on any atom is 0.0462 e. The molecular weight excluding hydrogens is 222 g/mol. The van der Waals surface area contributed by atoms with E-state index in [1.165, 1.54) is 51.4 Å². The summed E-state index contributed by atoms with van der Waals surface area (Å²) in [5, 5.41) is 13.3. The first-order valence-corrected chi connectivity index (χ1v) is 7.95. The van der Waals surface area contributed by atoms with E-state index in [2.05, 4.69) is 19.2 Å². The number of aliphatic hydroxyl groups is 1. The predicted octanol–water partition coefficient (Wildman–Crippen LogP) is 3.34. The van der Waals surface area contributed by atoms with Crippen molar-refractivity contribution < 1.29 is 5.11 Å². The number of hydrogen-bond donors (Lipinski definition) is 2. The molecule has 2 saturated carbocycles. The van der Waals surface area contributed by atoms with E-state index in [0.717, 1.165) is 12.6 Å². The Labute approximate surface area is 113 Å². The van der Waals surface area contributed by atoms with Crippen molar-refractivity contribution in [1.82, 2.24) is 5.32 Å². The zero-order valence-electron chi connectivity index (χ0n) is 12.3. The molecule has 0 radical (unpaired) electrons. The van der Waals surface area contributed by atoms with Crippen LogP contribution in [0.5, 0.6) is 0 Å². The average Bonchev–Trinajstić information content (AvgIpc) is 2.35. The van der Waals surface area contributed by atoms with E-state index in [0.29, 0.717) is 23.9 Å². The lowest BCUT2D eigenvalue weighted by molar-refractivity contribution is 0.123. The first-order chi connectivity index (χ1) is 8.61. The third kappa shape index (κ3) is 3.96. The van der Waals surface area contributed by atoms with Gasteiger partial charge in [0.25, 0.3) is 0 Å². The Balaban J connectivity index is 1.76. The van der Waals surface area contributed by atoms with Gasteiger partial charge in [0.05, 0.1) is 0 Å². The van der Waals surface area contributed by atoms with Gasteiger partial charge in [0.2, 0.25) is 0 Å². The van der Waals surface area contributed by atoms with Crippen LogP contribution in [-0.2, 0) is 0 Å². The van der Waals surface area contributed by atoms with E-state index in [1.807, 2.05) is 0 Å². The van der Waals surface area contributed by atoms with Gasteiger partial charge < -0.3 is 10.4 Å². The summed E-state index contributed by atoms with van der Waals surface area (Å²) in [4.78, 5) is 0. The van der Waals surface area contributed by atoms with E-state index in [1.54, 1.807) is 0 Å². The molecule has 0 saturated heterocycles. The molecule has 0 spiro atoms. The van der Waals surface area contributed by atoms with Gasteiger partial charge in [-0.15, -0.1) is 0 Å². The van der Waals surface area contributed by atoms with Crippen LogP contribution in [0.15, 0.2) is 0 Å². The summed E-state index contributed by atoms with van der Waals surface area (Å²) in [6.45, 7) is 6.32. The molecule has 18 heavy (non-hydrogen) atoms. The maximum absolute atomic E-state index is 9.45. The first-order valence-electron chi connectivity index (χ1n) is 7.95. The predicted molar refractivity (Wildman–Crippen MR) is 76.6 cm³/mol. The van der Waals surface area contributed by atoms with Gasteiger partial charge in [0, 0.05) is 12.6 Å². The first kappa shape index (κ1) is 14.3. The smallest absolute Gasteiger partial charge is 0.0462 e. The van der Waals surface area contributed by atoms with Gasteiger partial charge >= 0.3 is 0 Å². The summed E-state index contributed by atoms with van der Waals surface area (Å²) in [5.74, 6) is 1.27. The summed E-state index contributed by atoms with van der Waals surface area (Å²) in [7, 11) is 0. The van der Waals surface area contributed by atoms with Crippen molar-refractivity contribution in [2.24, 2.45) is 17.3 Å². The second-order valence-corrected chi connectivity index (χ2v) is 7.35. The van der Waals surface area contributed by atoms with Crippen molar-refractivity contribution >= 4 is 0 Å². The average molecular weight is 253 g/mol. The van der Waals surface area contributed by atoms with Crippen LogP contribution in [0.2, 0.25) is 0 Å². The van der Waals surface area contributed by atoms with Crippen molar-refractivity contribution in [2.45, 2.75) is 71.3 Å². The molecule has 2 aliphatic carbocycles. The number of hydrogen-bond acceptors (Lipinski definition) is 2. The van der Waals surface area contributed by atoms with Gasteiger partial charge in [0.15, 0.2) is 0 Å². The second kappa shape index (κ2) is 6.38. The van der Waals surface area contributed by atoms with E-state index < -0.39 is 0 Å². The molecule has 2 rings (SSSR count). The monoisotopic (exact) mass is 253 g/mol. The highest BCUT2D eigenvalue weighted by molar-refractivity contribution is 4.85. The molecule has 0 amide bonds. The SMILES string of the molecule is CC1(C)CCCC(NCC2CCCCC2CO)C1. The van der Waals surface area contributed by atoms with Crippen LogP contribution in [-0.4, -0.2) is 24.3 Å². The summed E-state index contributed by atoms with van der Waals surface area (Å²) in [5.41, 5.74) is 0.527. The number of nitrogens with one attached hydrogen (secondary N) is 1. The maximum atomic E-state index is 9.45. The van der Waals surface area contributed by atoms with Gasteiger partial charge in [0.1, 0.15) is 0 Å². The highest BCUT2D eigenvalue weighted by Gasteiger charge is 2.29. The number of rotatable bonds is 4. The standard InChI is InChI=1S/C16H31NO/c1-16(2)9-5-8-15(10-16)17-11-13-6-3-4-7-14(13)12-18/h13-15,17-18H,3-12H2,1-2H3. The minimum Gasteiger partial charge on any atom is -0.396 e.